The van der Waals surface area contributed by atoms with Gasteiger partial charge in [0.2, 0.25) is 0 Å². The van der Waals surface area contributed by atoms with E-state index in [0.717, 1.165) is 64.8 Å². The third-order valence-corrected chi connectivity index (χ3v) is 11.5. The third-order valence-electron chi connectivity index (χ3n) is 8.72. The molecule has 10 atom stereocenters. The van der Waals surface area contributed by atoms with E-state index in [4.69, 9.17) is 69.1 Å². The molecule has 21 nitrogen and oxygen atoms in total. The van der Waals surface area contributed by atoms with Gasteiger partial charge in [-0.05, 0) is 6.07 Å². The van der Waals surface area contributed by atoms with Crippen LogP contribution in [-0.2, 0) is 85.7 Å². The van der Waals surface area contributed by atoms with Crippen molar-refractivity contribution in [3.05, 3.63) is 29.3 Å². The molecule has 0 amide bonds. The van der Waals surface area contributed by atoms with Gasteiger partial charge in [0.15, 0.2) is 59.3 Å². The predicted molar refractivity (Wildman–Crippen MR) is 211 cm³/mol. The number of benzene rings is 1. The number of carbonyl (C=O) groups is 8. The molecule has 24 heteroatoms. The van der Waals surface area contributed by atoms with Crippen molar-refractivity contribution in [2.24, 2.45) is 0 Å². The second-order valence-corrected chi connectivity index (χ2v) is 16.2. The van der Waals surface area contributed by atoms with Gasteiger partial charge in [-0.25, -0.2) is 4.68 Å². The molecule has 2 aliphatic heterocycles. The number of thioether (sulfide) groups is 1. The lowest BCUT2D eigenvalue weighted by Crippen LogP contribution is -2.61. The number of carbonyl (C=O) groups excluding carboxylic acids is 8. The van der Waals surface area contributed by atoms with Crippen LogP contribution in [0.5, 0.6) is 0 Å². The Morgan fingerprint density at radius 3 is 1.58 bits per heavy atom. The van der Waals surface area contributed by atoms with Gasteiger partial charge in [0.25, 0.3) is 0 Å². The number of thiophene rings is 1. The van der Waals surface area contributed by atoms with Crippen molar-refractivity contribution < 1.29 is 85.7 Å². The number of rotatable bonds is 14. The highest BCUT2D eigenvalue weighted by Crippen LogP contribution is 2.45. The molecule has 4 heterocycles. The Labute approximate surface area is 366 Å². The molecule has 0 bridgehead atoms. The van der Waals surface area contributed by atoms with Crippen molar-refractivity contribution in [3.8, 4) is 10.7 Å². The molecule has 0 saturated carbocycles. The van der Waals surface area contributed by atoms with Crippen molar-refractivity contribution in [3.63, 3.8) is 0 Å². The number of aromatic nitrogens is 3. The Balaban J connectivity index is 1.75. The van der Waals surface area contributed by atoms with Gasteiger partial charge in [0.05, 0.1) is 9.90 Å². The van der Waals surface area contributed by atoms with Gasteiger partial charge < -0.3 is 47.4 Å². The third kappa shape index (κ3) is 11.8. The summed E-state index contributed by atoms with van der Waals surface area (Å²) in [5.41, 5.74) is -1.46. The van der Waals surface area contributed by atoms with Crippen molar-refractivity contribution in [1.82, 2.24) is 14.8 Å². The highest BCUT2D eigenvalue weighted by Gasteiger charge is 2.56. The zero-order chi connectivity index (χ0) is 45.6. The molecule has 0 N–H and O–H groups in total. The maximum absolute atomic E-state index is 12.8. The first kappa shape index (κ1) is 47.7. The van der Waals surface area contributed by atoms with Crippen LogP contribution in [0.15, 0.2) is 29.4 Å². The normalized spacial score (nSPS) is 25.8. The molecular weight excluding hydrogens is 886 g/mol. The number of nitrogens with zero attached hydrogens (tertiary/aromatic N) is 3. The number of hydrogen-bond acceptors (Lipinski definition) is 22. The Bertz CT molecular complexity index is 2210. The summed E-state index contributed by atoms with van der Waals surface area (Å²) in [5, 5.41) is 5.51. The fourth-order valence-corrected chi connectivity index (χ4v) is 9.19. The first-order chi connectivity index (χ1) is 29.2. The fourth-order valence-electron chi connectivity index (χ4n) is 6.60. The zero-order valence-corrected chi connectivity index (χ0v) is 36.8. The van der Waals surface area contributed by atoms with Crippen LogP contribution in [0, 0.1) is 0 Å². The Morgan fingerprint density at radius 2 is 1.08 bits per heavy atom. The van der Waals surface area contributed by atoms with Crippen LogP contribution in [0.25, 0.3) is 20.8 Å². The number of halogens is 1. The van der Waals surface area contributed by atoms with E-state index in [1.54, 1.807) is 18.2 Å². The van der Waals surface area contributed by atoms with E-state index in [0.29, 0.717) is 22.0 Å². The van der Waals surface area contributed by atoms with Gasteiger partial charge in [-0.2, -0.15) is 4.98 Å². The van der Waals surface area contributed by atoms with E-state index >= 15 is 0 Å². The highest BCUT2D eigenvalue weighted by molar-refractivity contribution is 7.99. The van der Waals surface area contributed by atoms with Crippen LogP contribution in [0.2, 0.25) is 5.02 Å². The SMILES string of the molecule is CC(=O)OC[C@H]1O[C@@H](n2nc(-c3sc4ccccc4c3Cl)nc2S[C@@H]2O[C@H](COC(C)=O)[C@@H](OC(C)=O)[C@H](OC(C)=O)[C@H]2OC(C)=O)[C@H](OC(C)=O)[C@@H](OC(C)=O)[C@@H]1OC(C)=O. The number of esters is 8. The molecule has 2 saturated heterocycles. The number of hydrogen-bond donors (Lipinski definition) is 0. The Kier molecular flexibility index (Phi) is 15.9. The van der Waals surface area contributed by atoms with Gasteiger partial charge in [-0.3, -0.25) is 38.4 Å². The Morgan fingerprint density at radius 1 is 0.629 bits per heavy atom. The molecule has 0 radical (unpaired) electrons. The summed E-state index contributed by atoms with van der Waals surface area (Å²) in [6, 6.07) is 7.18. The van der Waals surface area contributed by atoms with Gasteiger partial charge in [-0.15, -0.1) is 16.4 Å². The van der Waals surface area contributed by atoms with Crippen LogP contribution >= 0.6 is 34.7 Å². The second kappa shape index (κ2) is 20.7. The molecule has 2 aromatic heterocycles. The van der Waals surface area contributed by atoms with Crippen molar-refractivity contribution in [2.45, 2.75) is 121 Å². The van der Waals surface area contributed by atoms with E-state index < -0.39 is 121 Å². The van der Waals surface area contributed by atoms with E-state index in [2.05, 4.69) is 0 Å². The topological polar surface area (TPSA) is 260 Å². The summed E-state index contributed by atoms with van der Waals surface area (Å²) < 4.78 is 58.8. The summed E-state index contributed by atoms with van der Waals surface area (Å²) in [5.74, 6) is -6.75. The lowest BCUT2D eigenvalue weighted by molar-refractivity contribution is -0.271. The largest absolute Gasteiger partial charge is 0.463 e. The average Bonchev–Trinajstić information content (AvgIpc) is 3.73. The van der Waals surface area contributed by atoms with Gasteiger partial charge in [0, 0.05) is 65.5 Å². The zero-order valence-electron chi connectivity index (χ0n) is 34.4. The lowest BCUT2D eigenvalue weighted by atomic mass is 9.97. The minimum Gasteiger partial charge on any atom is -0.463 e. The predicted octanol–water partition coefficient (Wildman–Crippen LogP) is 3.24. The molecule has 62 heavy (non-hydrogen) atoms. The fraction of sp³-hybridized carbons (Fsp3) is 0.526. The van der Waals surface area contributed by atoms with Crippen molar-refractivity contribution in [2.75, 3.05) is 13.2 Å². The quantitative estimate of drug-likeness (QED) is 0.166. The van der Waals surface area contributed by atoms with E-state index in [9.17, 15) is 38.4 Å². The number of ether oxygens (including phenoxy) is 10. The summed E-state index contributed by atoms with van der Waals surface area (Å²) in [4.78, 5) is 105. The molecule has 0 aliphatic carbocycles. The summed E-state index contributed by atoms with van der Waals surface area (Å²) >= 11 is 8.82. The lowest BCUT2D eigenvalue weighted by Gasteiger charge is -2.45. The van der Waals surface area contributed by atoms with E-state index in [1.807, 2.05) is 6.07 Å². The van der Waals surface area contributed by atoms with Crippen LogP contribution in [0.4, 0.5) is 0 Å². The van der Waals surface area contributed by atoms with Crippen molar-refractivity contribution in [1.29, 1.82) is 0 Å². The summed E-state index contributed by atoms with van der Waals surface area (Å²) in [6.45, 7) is 7.53. The van der Waals surface area contributed by atoms with Gasteiger partial charge in [-0.1, -0.05) is 41.6 Å². The van der Waals surface area contributed by atoms with E-state index in [-0.39, 0.29) is 16.0 Å². The van der Waals surface area contributed by atoms with Crippen LogP contribution in [0.3, 0.4) is 0 Å². The smallest absolute Gasteiger partial charge is 0.303 e. The molecule has 3 aromatic rings. The Hall–Kier alpha value is -5.36. The minimum absolute atomic E-state index is 0.0304. The van der Waals surface area contributed by atoms with Crippen molar-refractivity contribution >= 4 is 92.5 Å². The monoisotopic (exact) mass is 927 g/mol. The maximum Gasteiger partial charge on any atom is 0.303 e. The number of fused-ring (bicyclic) bond motifs is 1. The summed E-state index contributed by atoms with van der Waals surface area (Å²) in [7, 11) is 0. The summed E-state index contributed by atoms with van der Waals surface area (Å²) in [6.07, 6.45) is -13.8. The first-order valence-corrected chi connectivity index (χ1v) is 20.7. The standard InChI is InChI=1S/C38H42ClN3O18S2/c1-15(43)51-13-24-28(53-17(3)45)30(55-19(5)47)32(57-21(7)49)36(59-24)42-38(40-35(41-42)34-27(39)23-11-9-10-12-26(23)61-34)62-37-33(58-22(8)50)31(56-20(6)48)29(54-18(4)46)25(60-37)14-52-16(2)44/h9-12,24-25,28-33,36-37H,13-14H2,1-8H3/t24-,25-,28-,29-,30+,31+,32-,33-,36-,37+/m1/s1. The second-order valence-electron chi connectivity index (χ2n) is 13.7. The molecule has 0 unspecified atom stereocenters. The average molecular weight is 928 g/mol. The highest BCUT2D eigenvalue weighted by atomic mass is 35.5. The maximum atomic E-state index is 12.8. The van der Waals surface area contributed by atoms with Crippen LogP contribution in [-0.4, -0.2) is 130 Å². The molecule has 2 aliphatic rings. The molecule has 1 aromatic carbocycles. The minimum atomic E-state index is -1.67. The van der Waals surface area contributed by atoms with Crippen LogP contribution in [0.1, 0.15) is 61.6 Å². The van der Waals surface area contributed by atoms with Crippen LogP contribution < -0.4 is 0 Å². The molecule has 2 fully saturated rings. The molecule has 336 valence electrons. The first-order valence-electron chi connectivity index (χ1n) is 18.7. The molecular formula is C38H42ClN3O18S2. The van der Waals surface area contributed by atoms with Gasteiger partial charge >= 0.3 is 47.8 Å². The van der Waals surface area contributed by atoms with Gasteiger partial charge in [0.1, 0.15) is 25.4 Å². The van der Waals surface area contributed by atoms with E-state index in [1.165, 1.54) is 11.3 Å². The molecule has 5 rings (SSSR count). The molecule has 0 spiro atoms.